The molecule has 9 heteroatoms. The molecule has 3 fully saturated rings. The molecule has 31 heavy (non-hydrogen) atoms. The minimum atomic E-state index is -1.02. The Morgan fingerprint density at radius 3 is 2.42 bits per heavy atom. The van der Waals surface area contributed by atoms with Gasteiger partial charge in [0.05, 0.1) is 24.0 Å². The first-order valence-electron chi connectivity index (χ1n) is 11.3. The highest BCUT2D eigenvalue weighted by Crippen LogP contribution is 2.51. The Balaban J connectivity index is 1.46. The van der Waals surface area contributed by atoms with Gasteiger partial charge in [-0.1, -0.05) is 26.2 Å². The zero-order chi connectivity index (χ0) is 22.3. The monoisotopic (exact) mass is 452 g/mol. The predicted molar refractivity (Wildman–Crippen MR) is 114 cm³/mol. The quantitative estimate of drug-likeness (QED) is 0.342. The zero-order valence-electron chi connectivity index (χ0n) is 18.3. The topological polar surface area (TPSA) is 105 Å². The summed E-state index contributed by atoms with van der Waals surface area (Å²) in [5.74, 6) is -1.94. The molecule has 5 unspecified atom stereocenters. The highest BCUT2D eigenvalue weighted by atomic mass is 32.2. The number of hydrogen-bond acceptors (Lipinski definition) is 8. The number of nitrogens with zero attached hydrogens (tertiary/aromatic N) is 1. The summed E-state index contributed by atoms with van der Waals surface area (Å²) >= 11 is 1.60. The number of carbonyl (C=O) groups is 3. The lowest BCUT2D eigenvalue weighted by atomic mass is 9.79. The number of β-lactam (4-membered cyclic amide) rings is 1. The SMILES string of the molecule is CC(OC(=O)C1=C(SC2CNC2)C(C)C2C(C(C)O)C(=O)N12)OC(=O)C1CCCCC1. The average molecular weight is 453 g/mol. The fraction of sp³-hybridized carbons (Fsp3) is 0.773. The Kier molecular flexibility index (Phi) is 6.65. The zero-order valence-corrected chi connectivity index (χ0v) is 19.2. The number of hydrogen-bond donors (Lipinski definition) is 2. The van der Waals surface area contributed by atoms with Crippen molar-refractivity contribution < 1.29 is 29.0 Å². The average Bonchev–Trinajstić information content (AvgIpc) is 2.93. The Morgan fingerprint density at radius 1 is 1.16 bits per heavy atom. The van der Waals surface area contributed by atoms with Crippen LogP contribution in [0, 0.1) is 17.8 Å². The van der Waals surface area contributed by atoms with E-state index >= 15 is 0 Å². The molecular formula is C22H32N2O6S. The first kappa shape index (κ1) is 22.6. The molecule has 0 radical (unpaired) electrons. The first-order valence-corrected chi connectivity index (χ1v) is 12.2. The van der Waals surface area contributed by atoms with Crippen LogP contribution in [0.4, 0.5) is 0 Å². The lowest BCUT2D eigenvalue weighted by Gasteiger charge is -2.46. The van der Waals surface area contributed by atoms with Crippen molar-refractivity contribution in [3.63, 3.8) is 0 Å². The highest BCUT2D eigenvalue weighted by molar-refractivity contribution is 8.03. The summed E-state index contributed by atoms with van der Waals surface area (Å²) in [6.07, 6.45) is 2.97. The van der Waals surface area contributed by atoms with Crippen molar-refractivity contribution >= 4 is 29.6 Å². The summed E-state index contributed by atoms with van der Waals surface area (Å²) in [5.41, 5.74) is 0.247. The molecule has 0 bridgehead atoms. The van der Waals surface area contributed by atoms with Gasteiger partial charge in [0, 0.05) is 36.1 Å². The van der Waals surface area contributed by atoms with Gasteiger partial charge in [0.25, 0.3) is 0 Å². The molecule has 2 N–H and O–H groups in total. The maximum Gasteiger partial charge on any atom is 0.358 e. The number of aliphatic hydroxyl groups excluding tert-OH is 1. The molecule has 8 nitrogen and oxygen atoms in total. The van der Waals surface area contributed by atoms with Gasteiger partial charge in [-0.25, -0.2) is 4.79 Å². The molecule has 4 rings (SSSR count). The van der Waals surface area contributed by atoms with Gasteiger partial charge < -0.3 is 24.8 Å². The van der Waals surface area contributed by atoms with Crippen molar-refractivity contribution in [1.82, 2.24) is 10.2 Å². The van der Waals surface area contributed by atoms with Gasteiger partial charge in [-0.05, 0) is 19.8 Å². The van der Waals surface area contributed by atoms with Gasteiger partial charge in [-0.15, -0.1) is 11.8 Å². The molecular weight excluding hydrogens is 420 g/mol. The largest absolute Gasteiger partial charge is 0.425 e. The van der Waals surface area contributed by atoms with Gasteiger partial charge in [0.1, 0.15) is 5.70 Å². The van der Waals surface area contributed by atoms with Crippen LogP contribution in [0.15, 0.2) is 10.6 Å². The Bertz CT molecular complexity index is 774. The first-order chi connectivity index (χ1) is 14.8. The van der Waals surface area contributed by atoms with Crippen LogP contribution in [-0.2, 0) is 23.9 Å². The molecule has 0 aromatic rings. The summed E-state index contributed by atoms with van der Waals surface area (Å²) in [6.45, 7) is 6.82. The summed E-state index contributed by atoms with van der Waals surface area (Å²) in [6, 6.07) is -0.245. The van der Waals surface area contributed by atoms with Gasteiger partial charge in [0.15, 0.2) is 0 Å². The third-order valence-electron chi connectivity index (χ3n) is 6.83. The van der Waals surface area contributed by atoms with Gasteiger partial charge in [-0.2, -0.15) is 0 Å². The van der Waals surface area contributed by atoms with Crippen LogP contribution in [0.2, 0.25) is 0 Å². The number of thioether (sulfide) groups is 1. The number of rotatable bonds is 7. The van der Waals surface area contributed by atoms with E-state index in [1.54, 1.807) is 18.7 Å². The van der Waals surface area contributed by atoms with E-state index in [0.717, 1.165) is 50.1 Å². The Labute approximate surface area is 187 Å². The van der Waals surface area contributed by atoms with Crippen LogP contribution < -0.4 is 5.32 Å². The Hall–Kier alpha value is -1.58. The molecule has 0 aromatic heterocycles. The number of carbonyl (C=O) groups excluding carboxylic acids is 3. The molecule has 3 heterocycles. The molecule has 2 saturated heterocycles. The fourth-order valence-electron chi connectivity index (χ4n) is 5.02. The van der Waals surface area contributed by atoms with Gasteiger partial charge in [-0.3, -0.25) is 9.59 Å². The molecule has 4 aliphatic rings. The van der Waals surface area contributed by atoms with Crippen LogP contribution in [0.3, 0.4) is 0 Å². The summed E-state index contributed by atoms with van der Waals surface area (Å²) in [4.78, 5) is 40.6. The van der Waals surface area contributed by atoms with Gasteiger partial charge >= 0.3 is 11.9 Å². The van der Waals surface area contributed by atoms with E-state index in [-0.39, 0.29) is 35.5 Å². The van der Waals surface area contributed by atoms with E-state index in [1.165, 1.54) is 11.8 Å². The Morgan fingerprint density at radius 2 is 1.84 bits per heavy atom. The molecule has 0 aromatic carbocycles. The number of esters is 2. The molecule has 1 saturated carbocycles. The minimum absolute atomic E-state index is 0.0643. The second kappa shape index (κ2) is 9.11. The van der Waals surface area contributed by atoms with E-state index in [0.29, 0.717) is 5.25 Å². The number of ether oxygens (including phenoxy) is 2. The van der Waals surface area contributed by atoms with E-state index in [1.807, 2.05) is 6.92 Å². The second-order valence-electron chi connectivity index (χ2n) is 9.11. The smallest absolute Gasteiger partial charge is 0.358 e. The summed E-state index contributed by atoms with van der Waals surface area (Å²) < 4.78 is 10.9. The summed E-state index contributed by atoms with van der Waals surface area (Å²) in [7, 11) is 0. The standard InChI is InChI=1S/C22H32N2O6S/c1-11-17-16(12(2)25)20(26)24(17)18(19(11)31-15-9-23-10-15)22(28)30-13(3)29-21(27)14-7-5-4-6-8-14/h11-17,23,25H,4-10H2,1-3H3. The minimum Gasteiger partial charge on any atom is -0.425 e. The molecule has 1 aliphatic carbocycles. The van der Waals surface area contributed by atoms with Crippen molar-refractivity contribution in [2.24, 2.45) is 17.8 Å². The second-order valence-corrected chi connectivity index (χ2v) is 10.5. The van der Waals surface area contributed by atoms with E-state index in [4.69, 9.17) is 9.47 Å². The molecule has 5 atom stereocenters. The third-order valence-corrected chi connectivity index (χ3v) is 8.32. The van der Waals surface area contributed by atoms with Crippen molar-refractivity contribution in [3.05, 3.63) is 10.6 Å². The van der Waals surface area contributed by atoms with Crippen LogP contribution in [0.1, 0.15) is 52.9 Å². The van der Waals surface area contributed by atoms with E-state index < -0.39 is 24.3 Å². The van der Waals surface area contributed by atoms with Crippen molar-refractivity contribution in [2.75, 3.05) is 13.1 Å². The van der Waals surface area contributed by atoms with Crippen molar-refractivity contribution in [3.8, 4) is 0 Å². The maximum atomic E-state index is 13.1. The number of aliphatic hydroxyl groups is 1. The fourth-order valence-corrected chi connectivity index (χ4v) is 6.43. The van der Waals surface area contributed by atoms with Crippen molar-refractivity contribution in [2.45, 2.75) is 76.6 Å². The van der Waals surface area contributed by atoms with Crippen LogP contribution in [0.5, 0.6) is 0 Å². The normalized spacial score (nSPS) is 30.9. The van der Waals surface area contributed by atoms with Gasteiger partial charge in [0.2, 0.25) is 12.2 Å². The van der Waals surface area contributed by atoms with Crippen LogP contribution in [-0.4, -0.2) is 64.6 Å². The molecule has 172 valence electrons. The molecule has 1 amide bonds. The maximum absolute atomic E-state index is 13.1. The van der Waals surface area contributed by atoms with E-state index in [2.05, 4.69) is 5.32 Å². The third kappa shape index (κ3) is 4.24. The highest BCUT2D eigenvalue weighted by Gasteiger charge is 2.60. The van der Waals surface area contributed by atoms with Crippen molar-refractivity contribution in [1.29, 1.82) is 0 Å². The molecule has 3 aliphatic heterocycles. The van der Waals surface area contributed by atoms with Crippen LogP contribution in [0.25, 0.3) is 0 Å². The lowest BCUT2D eigenvalue weighted by Crippen LogP contribution is -2.63. The number of amides is 1. The lowest BCUT2D eigenvalue weighted by molar-refractivity contribution is -0.188. The number of fused-ring (bicyclic) bond motifs is 1. The summed E-state index contributed by atoms with van der Waals surface area (Å²) in [5, 5.41) is 13.6. The number of nitrogens with one attached hydrogen (secondary N) is 1. The molecule has 0 spiro atoms. The van der Waals surface area contributed by atoms with Crippen LogP contribution >= 0.6 is 11.8 Å². The predicted octanol–water partition coefficient (Wildman–Crippen LogP) is 1.77. The van der Waals surface area contributed by atoms with E-state index in [9.17, 15) is 19.5 Å².